The first-order valence-electron chi connectivity index (χ1n) is 21.6. The average molecular weight is 819 g/mol. The number of fused-ring (bicyclic) bond motifs is 3. The van der Waals surface area contributed by atoms with Crippen LogP contribution in [-0.2, 0) is 35.7 Å². The number of phenols is 3. The number of ether oxygens (including phenoxy) is 1. The Morgan fingerprint density at radius 2 is 1.34 bits per heavy atom. The number of hydrogen-bond donors (Lipinski definition) is 4. The van der Waals surface area contributed by atoms with Crippen LogP contribution in [-0.4, -0.2) is 44.0 Å². The number of aromatic hydroxyl groups is 3. The van der Waals surface area contributed by atoms with Gasteiger partial charge in [-0.25, -0.2) is 0 Å². The second-order valence-electron chi connectivity index (χ2n) is 18.5. The van der Waals surface area contributed by atoms with Crippen molar-refractivity contribution in [2.24, 2.45) is 0 Å². The van der Waals surface area contributed by atoms with Crippen LogP contribution in [0, 0.1) is 6.92 Å². The van der Waals surface area contributed by atoms with Gasteiger partial charge in [0.25, 0.3) is 0 Å². The molecule has 0 aliphatic heterocycles. The first-order valence-corrected chi connectivity index (χ1v) is 21.6. The summed E-state index contributed by atoms with van der Waals surface area (Å²) in [5, 5.41) is 42.1. The Hall–Kier alpha value is -5.53. The van der Waals surface area contributed by atoms with E-state index in [1.807, 2.05) is 0 Å². The summed E-state index contributed by atoms with van der Waals surface area (Å²) in [7, 11) is 21.3. The van der Waals surface area contributed by atoms with Crippen molar-refractivity contribution >= 4 is 57.0 Å². The third-order valence-corrected chi connectivity index (χ3v) is 13.6. The molecule has 0 amide bonds. The fourth-order valence-electron chi connectivity index (χ4n) is 9.58. The minimum absolute atomic E-state index is 0.0254. The highest BCUT2D eigenvalue weighted by atomic mass is 16.5. The van der Waals surface area contributed by atoms with Gasteiger partial charge in [0.05, 0.1) is 23.5 Å². The summed E-state index contributed by atoms with van der Waals surface area (Å²) >= 11 is 0. The normalized spacial score (nSPS) is 13.2. The molecule has 312 valence electrons. The van der Waals surface area contributed by atoms with E-state index < -0.39 is 23.9 Å². The lowest BCUT2D eigenvalue weighted by Gasteiger charge is -2.39. The smallest absolute Gasteiger partial charge is 0.176 e. The van der Waals surface area contributed by atoms with Crippen LogP contribution in [0.1, 0.15) is 113 Å². The van der Waals surface area contributed by atoms with Crippen LogP contribution in [0.25, 0.3) is 11.1 Å². The summed E-state index contributed by atoms with van der Waals surface area (Å²) in [4.78, 5) is 2.17. The van der Waals surface area contributed by atoms with Crippen LogP contribution < -0.4 is 26.0 Å². The summed E-state index contributed by atoms with van der Waals surface area (Å²) in [5.41, 5.74) is 11.5. The number of phenolic OH excluding ortho intramolecular Hbond substituents is 1. The number of rotatable bonds is 13. The van der Waals surface area contributed by atoms with Crippen LogP contribution in [0.15, 0.2) is 91.0 Å². The first-order chi connectivity index (χ1) is 29.3. The van der Waals surface area contributed by atoms with E-state index in [1.54, 1.807) is 6.07 Å². The number of benzene rings is 6. The number of nitrogens with zero attached hydrogens (tertiary/aromatic N) is 1. The van der Waals surface area contributed by atoms with E-state index in [0.717, 1.165) is 48.2 Å². The molecule has 0 spiro atoms. The maximum absolute atomic E-state index is 11.1. The maximum atomic E-state index is 11.1. The van der Waals surface area contributed by atoms with Crippen molar-refractivity contribution in [1.82, 2.24) is 0 Å². The Kier molecular flexibility index (Phi) is 11.9. The number of aliphatic hydroxyl groups excluding tert-OH is 1. The summed E-state index contributed by atoms with van der Waals surface area (Å²) in [6.07, 6.45) is 3.57. The molecule has 0 fully saturated rings. The molecule has 0 saturated carbocycles. The zero-order valence-electron chi connectivity index (χ0n) is 37.6. The van der Waals surface area contributed by atoms with Crippen molar-refractivity contribution in [2.45, 2.75) is 111 Å². The number of aryl methyl sites for hydroxylation is 2. The van der Waals surface area contributed by atoms with Crippen LogP contribution in [0.5, 0.6) is 28.7 Å². The second-order valence-corrected chi connectivity index (χ2v) is 18.5. The quantitative estimate of drug-likeness (QED) is 0.0527. The third kappa shape index (κ3) is 7.36. The molecule has 9 heteroatoms. The third-order valence-electron chi connectivity index (χ3n) is 13.6. The Morgan fingerprint density at radius 3 is 2.03 bits per heavy atom. The van der Waals surface area contributed by atoms with E-state index in [4.69, 9.17) is 28.3 Å². The summed E-state index contributed by atoms with van der Waals surface area (Å²) in [6.45, 7) is 18.9. The molecule has 6 aromatic rings. The minimum atomic E-state index is -0.754. The molecule has 1 aliphatic rings. The van der Waals surface area contributed by atoms with Crippen LogP contribution in [0.3, 0.4) is 0 Å². The Balaban J connectivity index is 1.48. The number of aliphatic hydroxyl groups is 1. The van der Waals surface area contributed by atoms with E-state index in [2.05, 4.69) is 145 Å². The molecule has 0 atom stereocenters. The highest BCUT2D eigenvalue weighted by molar-refractivity contribution is 6.55. The predicted molar refractivity (Wildman–Crippen MR) is 258 cm³/mol. The largest absolute Gasteiger partial charge is 0.504 e. The van der Waals surface area contributed by atoms with Crippen LogP contribution >= 0.6 is 0 Å². The lowest BCUT2D eigenvalue weighted by atomic mass is 9.72. The maximum Gasteiger partial charge on any atom is 0.176 e. The molecule has 0 saturated heterocycles. The molecule has 0 heterocycles. The molecular formula is C53H56B3NO5. The van der Waals surface area contributed by atoms with Gasteiger partial charge in [-0.3, -0.25) is 0 Å². The SMILES string of the molecule is [B]c1cc(Oc2c(C)c(O)c(O)c(CO)c2O)c([B])c([B])c1N(c1cccc2c1-c1ccccc1C2(C)C)c1cccc(CC)c1C(C)(C)CCc1ccccc1C(C)(C)CC. The van der Waals surface area contributed by atoms with Gasteiger partial charge in [0.2, 0.25) is 0 Å². The van der Waals surface area contributed by atoms with Crippen molar-refractivity contribution in [3.05, 3.63) is 136 Å². The van der Waals surface area contributed by atoms with E-state index in [0.29, 0.717) is 5.69 Å². The molecule has 4 N–H and O–H groups in total. The van der Waals surface area contributed by atoms with Gasteiger partial charge in [-0.05, 0) is 101 Å². The fourth-order valence-corrected chi connectivity index (χ4v) is 9.58. The Bertz CT molecular complexity index is 2700. The highest BCUT2D eigenvalue weighted by Gasteiger charge is 2.39. The molecule has 62 heavy (non-hydrogen) atoms. The topological polar surface area (TPSA) is 93.4 Å². The zero-order chi connectivity index (χ0) is 45.1. The van der Waals surface area contributed by atoms with Gasteiger partial charge in [-0.15, -0.1) is 0 Å². The minimum Gasteiger partial charge on any atom is -0.504 e. The van der Waals surface area contributed by atoms with Crippen molar-refractivity contribution < 1.29 is 25.2 Å². The van der Waals surface area contributed by atoms with E-state index in [-0.39, 0.29) is 55.3 Å². The standard InChI is InChI=1S/C53H56B3NO5/c1-10-31-19-16-25-40(43(31)52(6,7)27-26-32-18-12-14-21-35(32)51(4,5)11-2)57(39-24-17-23-37-42(39)33-20-13-15-22-36(33)53(37,8)9)46-38(54)28-41(44(55)45(46)56)62-50-30(3)47(59)48(60)34(29-58)49(50)61/h12-25,28,58-61H,10-11,26-27,29H2,1-9H3. The van der Waals surface area contributed by atoms with E-state index in [1.165, 1.54) is 40.3 Å². The Morgan fingerprint density at radius 1 is 0.710 bits per heavy atom. The summed E-state index contributed by atoms with van der Waals surface area (Å²) < 4.78 is 6.20. The van der Waals surface area contributed by atoms with Crippen LogP contribution in [0.2, 0.25) is 0 Å². The number of anilines is 3. The zero-order valence-corrected chi connectivity index (χ0v) is 37.6. The lowest BCUT2D eigenvalue weighted by molar-refractivity contribution is 0.263. The van der Waals surface area contributed by atoms with E-state index in [9.17, 15) is 20.4 Å². The summed E-state index contributed by atoms with van der Waals surface area (Å²) in [5.74, 6) is -1.92. The molecule has 0 bridgehead atoms. The lowest BCUT2D eigenvalue weighted by Crippen LogP contribution is -2.38. The van der Waals surface area contributed by atoms with Crippen molar-refractivity contribution in [3.63, 3.8) is 0 Å². The van der Waals surface area contributed by atoms with Gasteiger partial charge < -0.3 is 30.1 Å². The van der Waals surface area contributed by atoms with Crippen molar-refractivity contribution in [3.8, 4) is 39.9 Å². The molecule has 0 unspecified atom stereocenters. The average Bonchev–Trinajstić information content (AvgIpc) is 3.50. The summed E-state index contributed by atoms with van der Waals surface area (Å²) in [6, 6.07) is 31.8. The van der Waals surface area contributed by atoms with Crippen LogP contribution in [0.4, 0.5) is 17.1 Å². The van der Waals surface area contributed by atoms with E-state index >= 15 is 0 Å². The van der Waals surface area contributed by atoms with Gasteiger partial charge in [0, 0.05) is 22.2 Å². The monoisotopic (exact) mass is 819 g/mol. The van der Waals surface area contributed by atoms with Gasteiger partial charge >= 0.3 is 0 Å². The number of hydrogen-bond acceptors (Lipinski definition) is 6. The molecule has 6 aromatic carbocycles. The fraction of sp³-hybridized carbons (Fsp3) is 0.321. The molecule has 6 nitrogen and oxygen atoms in total. The Labute approximate surface area is 371 Å². The molecular weight excluding hydrogens is 763 g/mol. The molecule has 7 rings (SSSR count). The molecule has 0 aromatic heterocycles. The van der Waals surface area contributed by atoms with Gasteiger partial charge in [0.15, 0.2) is 23.0 Å². The predicted octanol–water partition coefficient (Wildman–Crippen LogP) is 9.71. The molecule has 6 radical (unpaired) electrons. The molecule has 1 aliphatic carbocycles. The first kappa shape index (κ1) is 44.5. The van der Waals surface area contributed by atoms with Crippen molar-refractivity contribution in [1.29, 1.82) is 0 Å². The second kappa shape index (κ2) is 16.6. The van der Waals surface area contributed by atoms with Crippen molar-refractivity contribution in [2.75, 3.05) is 4.90 Å². The van der Waals surface area contributed by atoms with Gasteiger partial charge in [0.1, 0.15) is 29.3 Å². The van der Waals surface area contributed by atoms with Gasteiger partial charge in [-0.2, -0.15) is 0 Å². The highest BCUT2D eigenvalue weighted by Crippen LogP contribution is 2.55. The van der Waals surface area contributed by atoms with Gasteiger partial charge in [-0.1, -0.05) is 145 Å².